The normalized spacial score (nSPS) is 17.3. The Kier molecular flexibility index (Phi) is 4.93. The van der Waals surface area contributed by atoms with Crippen molar-refractivity contribution in [3.05, 3.63) is 32.3 Å². The molecule has 8 heteroatoms. The van der Waals surface area contributed by atoms with Crippen LogP contribution >= 0.6 is 23.2 Å². The Balaban J connectivity index is 2.00. The highest BCUT2D eigenvalue weighted by atomic mass is 35.5. The van der Waals surface area contributed by atoms with Crippen molar-refractivity contribution in [1.29, 1.82) is 0 Å². The van der Waals surface area contributed by atoms with Gasteiger partial charge in [-0.25, -0.2) is 0 Å². The summed E-state index contributed by atoms with van der Waals surface area (Å²) in [4.78, 5) is 10.1. The topological polar surface area (TPSA) is 84.6 Å². The van der Waals surface area contributed by atoms with Gasteiger partial charge in [0.05, 0.1) is 15.0 Å². The summed E-state index contributed by atoms with van der Waals surface area (Å²) in [7, 11) is 0. The van der Waals surface area contributed by atoms with Crippen LogP contribution < -0.4 is 10.1 Å². The van der Waals surface area contributed by atoms with Gasteiger partial charge < -0.3 is 15.2 Å². The lowest BCUT2D eigenvalue weighted by Crippen LogP contribution is -2.43. The predicted molar refractivity (Wildman–Crippen MR) is 80.3 cm³/mol. The van der Waals surface area contributed by atoms with E-state index in [1.54, 1.807) is 6.92 Å². The predicted octanol–water partition coefficient (Wildman–Crippen LogP) is 2.78. The number of hydrogen-bond acceptors (Lipinski definition) is 5. The maximum atomic E-state index is 10.7. The molecule has 0 heterocycles. The molecule has 0 amide bonds. The molecule has 1 aromatic carbocycles. The molecule has 2 rings (SSSR count). The number of benzene rings is 1. The molecule has 1 unspecified atom stereocenters. The molecule has 0 spiro atoms. The molecule has 1 saturated carbocycles. The van der Waals surface area contributed by atoms with Crippen molar-refractivity contribution in [3.8, 4) is 5.75 Å². The number of hydrogen-bond donors (Lipinski definition) is 2. The third-order valence-corrected chi connectivity index (χ3v) is 3.63. The molecule has 1 atom stereocenters. The highest BCUT2D eigenvalue weighted by Gasteiger charge is 2.28. The van der Waals surface area contributed by atoms with Crippen LogP contribution in [0.2, 0.25) is 10.0 Å². The Hall–Kier alpha value is -1.08. The first-order chi connectivity index (χ1) is 9.78. The Morgan fingerprint density at radius 1 is 1.48 bits per heavy atom. The Morgan fingerprint density at radius 3 is 2.52 bits per heavy atom. The Labute approximate surface area is 132 Å². The average molecular weight is 335 g/mol. The number of nitrogens with one attached hydrogen (secondary N) is 1. The second-order valence-electron chi connectivity index (χ2n) is 5.44. The monoisotopic (exact) mass is 334 g/mol. The molecule has 1 aliphatic rings. The minimum Gasteiger partial charge on any atom is -0.487 e. The molecular weight excluding hydrogens is 319 g/mol. The molecule has 0 bridgehead atoms. The SMILES string of the molecule is CC(O)(CNC1CC1)COc1c(Cl)cc([N+](=O)[O-])cc1Cl. The van der Waals surface area contributed by atoms with E-state index in [0.717, 1.165) is 12.8 Å². The first kappa shape index (κ1) is 16.3. The van der Waals surface area contributed by atoms with Gasteiger partial charge in [-0.05, 0) is 19.8 Å². The summed E-state index contributed by atoms with van der Waals surface area (Å²) in [5.41, 5.74) is -1.30. The maximum Gasteiger partial charge on any atom is 0.272 e. The summed E-state index contributed by atoms with van der Waals surface area (Å²) < 4.78 is 5.44. The van der Waals surface area contributed by atoms with Gasteiger partial charge in [-0.1, -0.05) is 23.2 Å². The third-order valence-electron chi connectivity index (χ3n) is 3.07. The summed E-state index contributed by atoms with van der Waals surface area (Å²) in [5, 5.41) is 24.2. The zero-order valence-corrected chi connectivity index (χ0v) is 12.9. The van der Waals surface area contributed by atoms with Gasteiger partial charge in [-0.15, -0.1) is 0 Å². The molecule has 2 N–H and O–H groups in total. The molecular formula is C13H16Cl2N2O4. The van der Waals surface area contributed by atoms with Crippen LogP contribution in [0.1, 0.15) is 19.8 Å². The molecule has 0 radical (unpaired) electrons. The van der Waals surface area contributed by atoms with Crippen molar-refractivity contribution in [3.63, 3.8) is 0 Å². The van der Waals surface area contributed by atoms with Crippen LogP contribution in [-0.2, 0) is 0 Å². The maximum absolute atomic E-state index is 10.7. The molecule has 0 aliphatic heterocycles. The van der Waals surface area contributed by atoms with Crippen molar-refractivity contribution >= 4 is 28.9 Å². The average Bonchev–Trinajstić information content (AvgIpc) is 3.19. The lowest BCUT2D eigenvalue weighted by Gasteiger charge is -2.24. The number of ether oxygens (including phenoxy) is 1. The number of nitro benzene ring substituents is 1. The quantitative estimate of drug-likeness (QED) is 0.591. The molecule has 116 valence electrons. The second kappa shape index (κ2) is 6.36. The van der Waals surface area contributed by atoms with Crippen LogP contribution in [0.5, 0.6) is 5.75 Å². The van der Waals surface area contributed by atoms with Crippen molar-refractivity contribution in [1.82, 2.24) is 5.32 Å². The first-order valence-electron chi connectivity index (χ1n) is 6.50. The fourth-order valence-electron chi connectivity index (χ4n) is 1.72. The standard InChI is InChI=1S/C13H16Cl2N2O4/c1-13(18,6-16-8-2-3-8)7-21-12-10(14)4-9(17(19)20)5-11(12)15/h4-5,8,16,18H,2-3,6-7H2,1H3. The third kappa shape index (κ3) is 4.71. The van der Waals surface area contributed by atoms with Crippen molar-refractivity contribution < 1.29 is 14.8 Å². The molecule has 6 nitrogen and oxygen atoms in total. The smallest absolute Gasteiger partial charge is 0.272 e. The van der Waals surface area contributed by atoms with Gasteiger partial charge in [-0.3, -0.25) is 10.1 Å². The zero-order chi connectivity index (χ0) is 15.6. The highest BCUT2D eigenvalue weighted by molar-refractivity contribution is 6.37. The van der Waals surface area contributed by atoms with E-state index in [-0.39, 0.29) is 28.1 Å². The van der Waals surface area contributed by atoms with Crippen LogP contribution in [0, 0.1) is 10.1 Å². The largest absolute Gasteiger partial charge is 0.487 e. The second-order valence-corrected chi connectivity index (χ2v) is 6.25. The van der Waals surface area contributed by atoms with E-state index in [4.69, 9.17) is 27.9 Å². The summed E-state index contributed by atoms with van der Waals surface area (Å²) >= 11 is 11.9. The summed E-state index contributed by atoms with van der Waals surface area (Å²) in [5.74, 6) is 0.135. The summed E-state index contributed by atoms with van der Waals surface area (Å²) in [6, 6.07) is 2.81. The number of aliphatic hydroxyl groups is 1. The number of nitrogens with zero attached hydrogens (tertiary/aromatic N) is 1. The van der Waals surface area contributed by atoms with E-state index < -0.39 is 10.5 Å². The van der Waals surface area contributed by atoms with Gasteiger partial charge in [0.25, 0.3) is 5.69 Å². The molecule has 1 aliphatic carbocycles. The minimum atomic E-state index is -1.09. The van der Waals surface area contributed by atoms with E-state index >= 15 is 0 Å². The summed E-state index contributed by atoms with van der Waals surface area (Å²) in [6.45, 7) is 2.00. The first-order valence-corrected chi connectivity index (χ1v) is 7.26. The number of nitro groups is 1. The fraction of sp³-hybridized carbons (Fsp3) is 0.538. The lowest BCUT2D eigenvalue weighted by molar-refractivity contribution is -0.384. The van der Waals surface area contributed by atoms with E-state index in [2.05, 4.69) is 5.32 Å². The molecule has 21 heavy (non-hydrogen) atoms. The van der Waals surface area contributed by atoms with Crippen LogP contribution in [-0.4, -0.2) is 34.8 Å². The van der Waals surface area contributed by atoms with Crippen molar-refractivity contribution in [2.75, 3.05) is 13.2 Å². The highest BCUT2D eigenvalue weighted by Crippen LogP contribution is 2.37. The minimum absolute atomic E-state index is 0.0238. The van der Waals surface area contributed by atoms with Gasteiger partial charge in [0.2, 0.25) is 0 Å². The molecule has 1 fully saturated rings. The van der Waals surface area contributed by atoms with Crippen LogP contribution in [0.25, 0.3) is 0 Å². The van der Waals surface area contributed by atoms with Crippen LogP contribution in [0.15, 0.2) is 12.1 Å². The zero-order valence-electron chi connectivity index (χ0n) is 11.4. The van der Waals surface area contributed by atoms with Gasteiger partial charge in [0.15, 0.2) is 5.75 Å². The van der Waals surface area contributed by atoms with Gasteiger partial charge in [-0.2, -0.15) is 0 Å². The van der Waals surface area contributed by atoms with Crippen LogP contribution in [0.3, 0.4) is 0 Å². The van der Waals surface area contributed by atoms with Gasteiger partial charge in [0, 0.05) is 24.7 Å². The fourth-order valence-corrected chi connectivity index (χ4v) is 2.30. The lowest BCUT2D eigenvalue weighted by atomic mass is 10.1. The number of halogens is 2. The molecule has 1 aromatic rings. The molecule has 0 saturated heterocycles. The van der Waals surface area contributed by atoms with Crippen molar-refractivity contribution in [2.24, 2.45) is 0 Å². The Bertz CT molecular complexity index is 524. The van der Waals surface area contributed by atoms with Crippen molar-refractivity contribution in [2.45, 2.75) is 31.4 Å². The van der Waals surface area contributed by atoms with Gasteiger partial charge >= 0.3 is 0 Å². The van der Waals surface area contributed by atoms with E-state index in [9.17, 15) is 15.2 Å². The van der Waals surface area contributed by atoms with Gasteiger partial charge in [0.1, 0.15) is 12.2 Å². The number of rotatable bonds is 7. The Morgan fingerprint density at radius 2 is 2.05 bits per heavy atom. The van der Waals surface area contributed by atoms with E-state index in [1.165, 1.54) is 12.1 Å². The van der Waals surface area contributed by atoms with Crippen LogP contribution in [0.4, 0.5) is 5.69 Å². The van der Waals surface area contributed by atoms with E-state index in [1.807, 2.05) is 0 Å². The van der Waals surface area contributed by atoms with E-state index in [0.29, 0.717) is 12.6 Å². The molecule has 0 aromatic heterocycles. The number of non-ortho nitro benzene ring substituents is 1. The summed E-state index contributed by atoms with van der Waals surface area (Å²) in [6.07, 6.45) is 2.24.